The first-order valence-corrected chi connectivity index (χ1v) is 8.48. The molecule has 0 aliphatic heterocycles. The summed E-state index contributed by atoms with van der Waals surface area (Å²) in [6.45, 7) is 5.01. The number of carbonyl (C=O) groups excluding carboxylic acids is 1. The maximum Gasteiger partial charge on any atom is 0.224 e. The van der Waals surface area contributed by atoms with E-state index in [0.29, 0.717) is 25.5 Å². The number of fused-ring (bicyclic) bond motifs is 1. The Bertz CT molecular complexity index is 853. The number of ether oxygens (including phenoxy) is 1. The molecule has 0 bridgehead atoms. The van der Waals surface area contributed by atoms with Gasteiger partial charge in [-0.2, -0.15) is 0 Å². The molecule has 3 rings (SSSR count). The topological polar surface area (TPSA) is 64.4 Å². The van der Waals surface area contributed by atoms with Gasteiger partial charge in [0, 0.05) is 13.5 Å². The number of carbonyl (C=O) groups is 1. The molecular weight excluding hydrogens is 316 g/mol. The summed E-state index contributed by atoms with van der Waals surface area (Å²) in [5, 5.41) is 2.96. The average molecular weight is 338 g/mol. The summed E-state index contributed by atoms with van der Waals surface area (Å²) >= 11 is 0. The van der Waals surface area contributed by atoms with Crippen molar-refractivity contribution in [1.29, 1.82) is 0 Å². The molecule has 25 heavy (non-hydrogen) atoms. The third-order valence-corrected chi connectivity index (χ3v) is 3.89. The quantitative estimate of drug-likeness (QED) is 0.717. The lowest BCUT2D eigenvalue weighted by Gasteiger charge is -2.07. The summed E-state index contributed by atoms with van der Waals surface area (Å²) < 4.78 is 10.9. The summed E-state index contributed by atoms with van der Waals surface area (Å²) in [6, 6.07) is 13.6. The van der Waals surface area contributed by atoms with Crippen molar-refractivity contribution in [3.63, 3.8) is 0 Å². The number of hydrogen-bond acceptors (Lipinski definition) is 4. The van der Waals surface area contributed by atoms with Crippen molar-refractivity contribution in [1.82, 2.24) is 10.3 Å². The summed E-state index contributed by atoms with van der Waals surface area (Å²) in [5.74, 6) is 1.50. The van der Waals surface area contributed by atoms with Crippen LogP contribution in [-0.4, -0.2) is 24.0 Å². The van der Waals surface area contributed by atoms with Gasteiger partial charge in [0.05, 0.1) is 13.0 Å². The van der Waals surface area contributed by atoms with E-state index < -0.39 is 0 Å². The Hall–Kier alpha value is -2.82. The van der Waals surface area contributed by atoms with Crippen molar-refractivity contribution in [2.45, 2.75) is 26.7 Å². The molecule has 0 radical (unpaired) electrons. The first-order valence-electron chi connectivity index (χ1n) is 8.48. The van der Waals surface area contributed by atoms with Crippen LogP contribution < -0.4 is 10.1 Å². The van der Waals surface area contributed by atoms with Gasteiger partial charge in [0.25, 0.3) is 0 Å². The molecule has 1 amide bonds. The highest BCUT2D eigenvalue weighted by molar-refractivity contribution is 5.78. The number of hydrogen-bond donors (Lipinski definition) is 1. The molecule has 0 saturated carbocycles. The van der Waals surface area contributed by atoms with Gasteiger partial charge < -0.3 is 14.5 Å². The Morgan fingerprint density at radius 3 is 2.68 bits per heavy atom. The van der Waals surface area contributed by atoms with Crippen LogP contribution in [0.4, 0.5) is 0 Å². The molecular formula is C20H22N2O3. The van der Waals surface area contributed by atoms with Gasteiger partial charge in [0.2, 0.25) is 5.91 Å². The number of rotatable bonds is 7. The zero-order chi connectivity index (χ0) is 17.6. The summed E-state index contributed by atoms with van der Waals surface area (Å²) in [5.41, 5.74) is 3.74. The van der Waals surface area contributed by atoms with Crippen LogP contribution in [0.5, 0.6) is 5.75 Å². The third-order valence-electron chi connectivity index (χ3n) is 3.89. The molecule has 0 aliphatic rings. The van der Waals surface area contributed by atoms with Crippen LogP contribution in [-0.2, 0) is 17.6 Å². The number of nitrogens with zero attached hydrogens (tertiary/aromatic N) is 1. The molecule has 0 atom stereocenters. The molecule has 5 heteroatoms. The van der Waals surface area contributed by atoms with Crippen molar-refractivity contribution in [2.75, 3.05) is 13.2 Å². The van der Waals surface area contributed by atoms with Crippen LogP contribution in [0, 0.1) is 6.92 Å². The van der Waals surface area contributed by atoms with E-state index in [9.17, 15) is 4.79 Å². The Balaban J connectivity index is 1.48. The van der Waals surface area contributed by atoms with Crippen molar-refractivity contribution < 1.29 is 13.9 Å². The SMILES string of the molecule is CCOc1ccc(CC(=O)NCCc2ccc3nc(C)oc3c2)cc1. The van der Waals surface area contributed by atoms with Crippen molar-refractivity contribution >= 4 is 17.0 Å². The maximum absolute atomic E-state index is 12.1. The zero-order valence-electron chi connectivity index (χ0n) is 14.5. The third kappa shape index (κ3) is 4.59. The smallest absolute Gasteiger partial charge is 0.224 e. The van der Waals surface area contributed by atoms with Crippen molar-refractivity contribution in [3.8, 4) is 5.75 Å². The molecule has 3 aromatic rings. The van der Waals surface area contributed by atoms with E-state index in [1.807, 2.05) is 56.3 Å². The van der Waals surface area contributed by atoms with Gasteiger partial charge >= 0.3 is 0 Å². The number of aryl methyl sites for hydroxylation is 1. The summed E-state index contributed by atoms with van der Waals surface area (Å²) in [6.07, 6.45) is 1.12. The Labute approximate surface area is 147 Å². The molecule has 0 aliphatic carbocycles. The molecule has 2 aromatic carbocycles. The van der Waals surface area contributed by atoms with Crippen LogP contribution in [0.2, 0.25) is 0 Å². The molecule has 5 nitrogen and oxygen atoms in total. The number of nitrogens with one attached hydrogen (secondary N) is 1. The van der Waals surface area contributed by atoms with E-state index in [2.05, 4.69) is 10.3 Å². The largest absolute Gasteiger partial charge is 0.494 e. The van der Waals surface area contributed by atoms with Gasteiger partial charge in [-0.3, -0.25) is 4.79 Å². The minimum absolute atomic E-state index is 0.0146. The van der Waals surface area contributed by atoms with Crippen LogP contribution in [0.25, 0.3) is 11.1 Å². The second-order valence-corrected chi connectivity index (χ2v) is 5.89. The normalized spacial score (nSPS) is 10.8. The van der Waals surface area contributed by atoms with E-state index >= 15 is 0 Å². The fraction of sp³-hybridized carbons (Fsp3) is 0.300. The molecule has 0 unspecified atom stereocenters. The number of benzene rings is 2. The molecule has 1 aromatic heterocycles. The highest BCUT2D eigenvalue weighted by Gasteiger charge is 2.06. The van der Waals surface area contributed by atoms with E-state index in [1.54, 1.807) is 0 Å². The molecule has 0 spiro atoms. The predicted molar refractivity (Wildman–Crippen MR) is 96.8 cm³/mol. The van der Waals surface area contributed by atoms with Gasteiger partial charge in [-0.1, -0.05) is 18.2 Å². The molecule has 0 fully saturated rings. The minimum atomic E-state index is 0.0146. The summed E-state index contributed by atoms with van der Waals surface area (Å²) in [4.78, 5) is 16.3. The average Bonchev–Trinajstić information content (AvgIpc) is 2.96. The standard InChI is InChI=1S/C20H22N2O3/c1-3-24-17-7-4-15(5-8-17)13-20(23)21-11-10-16-6-9-18-19(12-16)25-14(2)22-18/h4-9,12H,3,10-11,13H2,1-2H3,(H,21,23). The number of aromatic nitrogens is 1. The van der Waals surface area contributed by atoms with Crippen LogP contribution >= 0.6 is 0 Å². The molecule has 130 valence electrons. The Morgan fingerprint density at radius 1 is 1.16 bits per heavy atom. The second kappa shape index (κ2) is 7.83. The Morgan fingerprint density at radius 2 is 1.92 bits per heavy atom. The van der Waals surface area contributed by atoms with E-state index in [0.717, 1.165) is 34.4 Å². The highest BCUT2D eigenvalue weighted by Crippen LogP contribution is 2.17. The zero-order valence-corrected chi connectivity index (χ0v) is 14.5. The number of amides is 1. The van der Waals surface area contributed by atoms with Gasteiger partial charge in [-0.05, 0) is 48.7 Å². The van der Waals surface area contributed by atoms with Crippen LogP contribution in [0.3, 0.4) is 0 Å². The molecule has 1 heterocycles. The Kier molecular flexibility index (Phi) is 5.33. The summed E-state index contributed by atoms with van der Waals surface area (Å²) in [7, 11) is 0. The first kappa shape index (κ1) is 17.0. The van der Waals surface area contributed by atoms with Gasteiger partial charge in [0.1, 0.15) is 11.3 Å². The predicted octanol–water partition coefficient (Wildman–Crippen LogP) is 3.44. The van der Waals surface area contributed by atoms with Crippen molar-refractivity contribution in [3.05, 3.63) is 59.5 Å². The second-order valence-electron chi connectivity index (χ2n) is 5.89. The van der Waals surface area contributed by atoms with Crippen molar-refractivity contribution in [2.24, 2.45) is 0 Å². The van der Waals surface area contributed by atoms with E-state index in [4.69, 9.17) is 9.15 Å². The fourth-order valence-corrected chi connectivity index (χ4v) is 2.70. The minimum Gasteiger partial charge on any atom is -0.494 e. The lowest BCUT2D eigenvalue weighted by atomic mass is 10.1. The monoisotopic (exact) mass is 338 g/mol. The lowest BCUT2D eigenvalue weighted by molar-refractivity contribution is -0.120. The van der Waals surface area contributed by atoms with Gasteiger partial charge in [0.15, 0.2) is 11.5 Å². The van der Waals surface area contributed by atoms with E-state index in [-0.39, 0.29) is 5.91 Å². The molecule has 1 N–H and O–H groups in total. The lowest BCUT2D eigenvalue weighted by Crippen LogP contribution is -2.27. The van der Waals surface area contributed by atoms with Gasteiger partial charge in [-0.15, -0.1) is 0 Å². The van der Waals surface area contributed by atoms with Crippen LogP contribution in [0.15, 0.2) is 46.9 Å². The van der Waals surface area contributed by atoms with Gasteiger partial charge in [-0.25, -0.2) is 4.98 Å². The maximum atomic E-state index is 12.1. The fourth-order valence-electron chi connectivity index (χ4n) is 2.70. The molecule has 0 saturated heterocycles. The van der Waals surface area contributed by atoms with Crippen LogP contribution in [0.1, 0.15) is 23.9 Å². The van der Waals surface area contributed by atoms with E-state index in [1.165, 1.54) is 0 Å². The first-order chi connectivity index (χ1) is 12.1. The number of oxazole rings is 1. The highest BCUT2D eigenvalue weighted by atomic mass is 16.5.